The maximum atomic E-state index is 12.4. The van der Waals surface area contributed by atoms with Crippen molar-refractivity contribution in [3.05, 3.63) is 0 Å². The summed E-state index contributed by atoms with van der Waals surface area (Å²) in [6.07, 6.45) is 11.8. The van der Waals surface area contributed by atoms with Crippen molar-refractivity contribution in [1.82, 2.24) is 0 Å². The molecule has 1 nitrogen and oxygen atoms in total. The number of hydrogen-bond acceptors (Lipinski definition) is 1. The van der Waals surface area contributed by atoms with Crippen LogP contribution < -0.4 is 0 Å². The van der Waals surface area contributed by atoms with Crippen LogP contribution in [-0.2, 0) is 4.79 Å². The summed E-state index contributed by atoms with van der Waals surface area (Å²) in [7, 11) is 0. The lowest BCUT2D eigenvalue weighted by atomic mass is 9.45. The Bertz CT molecular complexity index is 455. The molecule has 4 saturated carbocycles. The summed E-state index contributed by atoms with van der Waals surface area (Å²) in [5, 5.41) is 0. The van der Waals surface area contributed by atoms with E-state index in [4.69, 9.17) is 0 Å². The van der Waals surface area contributed by atoms with E-state index in [0.29, 0.717) is 11.2 Å². The van der Waals surface area contributed by atoms with Gasteiger partial charge in [0.05, 0.1) is 0 Å². The van der Waals surface area contributed by atoms with E-state index in [2.05, 4.69) is 20.8 Å². The highest BCUT2D eigenvalue weighted by molar-refractivity contribution is 5.87. The Balaban J connectivity index is 1.64. The molecule has 21 heavy (non-hydrogen) atoms. The van der Waals surface area contributed by atoms with Crippen LogP contribution in [0.1, 0.15) is 78.6 Å². The van der Waals surface area contributed by atoms with Gasteiger partial charge < -0.3 is 0 Å². The van der Waals surface area contributed by atoms with E-state index >= 15 is 0 Å². The zero-order chi connectivity index (χ0) is 14.8. The van der Waals surface area contributed by atoms with Crippen LogP contribution in [0.4, 0.5) is 0 Å². The van der Waals surface area contributed by atoms with E-state index in [-0.39, 0.29) is 5.41 Å². The number of hydrogen-bond donors (Lipinski definition) is 0. The second-order valence-electron chi connectivity index (χ2n) is 9.45. The fourth-order valence-corrected chi connectivity index (χ4v) is 7.24. The van der Waals surface area contributed by atoms with Gasteiger partial charge in [0.1, 0.15) is 5.78 Å². The number of carbonyl (C=O) groups is 1. The lowest BCUT2D eigenvalue weighted by molar-refractivity contribution is -0.139. The largest absolute Gasteiger partial charge is 0.299 e. The van der Waals surface area contributed by atoms with E-state index in [1.54, 1.807) is 0 Å². The molecule has 4 fully saturated rings. The van der Waals surface area contributed by atoms with Gasteiger partial charge in [-0.2, -0.15) is 0 Å². The SMILES string of the molecule is C[C@@H]1CC[C@@]2(C)[C@H](CC[C@@H]3[C@@H]2CC[C@]2(C)C(=O)CC[C@@H]32)C1. The topological polar surface area (TPSA) is 17.1 Å². The monoisotopic (exact) mass is 288 g/mol. The van der Waals surface area contributed by atoms with Gasteiger partial charge in [0.25, 0.3) is 0 Å². The first kappa shape index (κ1) is 14.3. The Labute approximate surface area is 130 Å². The van der Waals surface area contributed by atoms with Gasteiger partial charge in [-0.25, -0.2) is 0 Å². The van der Waals surface area contributed by atoms with Crippen LogP contribution in [0.3, 0.4) is 0 Å². The zero-order valence-electron chi connectivity index (χ0n) is 14.2. The van der Waals surface area contributed by atoms with Crippen LogP contribution in [0.2, 0.25) is 0 Å². The van der Waals surface area contributed by atoms with Crippen molar-refractivity contribution in [1.29, 1.82) is 0 Å². The van der Waals surface area contributed by atoms with Gasteiger partial charge in [-0.05, 0) is 80.0 Å². The van der Waals surface area contributed by atoms with Gasteiger partial charge in [0.15, 0.2) is 0 Å². The predicted octanol–water partition coefficient (Wildman–Crippen LogP) is 5.23. The third-order valence-corrected chi connectivity index (χ3v) is 8.64. The molecule has 0 amide bonds. The molecule has 0 saturated heterocycles. The molecule has 4 aliphatic rings. The normalized spacial score (nSPS) is 56.5. The maximum Gasteiger partial charge on any atom is 0.139 e. The molecule has 0 aromatic heterocycles. The highest BCUT2D eigenvalue weighted by Gasteiger charge is 2.59. The lowest BCUT2D eigenvalue weighted by Gasteiger charge is -2.60. The molecule has 1 heteroatoms. The molecule has 4 rings (SSSR count). The van der Waals surface area contributed by atoms with E-state index < -0.39 is 0 Å². The Morgan fingerprint density at radius 3 is 2.57 bits per heavy atom. The minimum Gasteiger partial charge on any atom is -0.299 e. The molecular weight excluding hydrogens is 256 g/mol. The molecule has 0 heterocycles. The number of Topliss-reactive ketones (excluding diaryl/α,β-unsaturated/α-hetero) is 1. The summed E-state index contributed by atoms with van der Waals surface area (Å²) in [5.74, 6) is 5.03. The first-order chi connectivity index (χ1) is 9.95. The lowest BCUT2D eigenvalue weighted by Crippen LogP contribution is -2.53. The number of fused-ring (bicyclic) bond motifs is 5. The number of carbonyl (C=O) groups excluding carboxylic acids is 1. The van der Waals surface area contributed by atoms with Crippen LogP contribution in [-0.4, -0.2) is 5.78 Å². The van der Waals surface area contributed by atoms with Crippen LogP contribution in [0.15, 0.2) is 0 Å². The summed E-state index contributed by atoms with van der Waals surface area (Å²) in [5.41, 5.74) is 0.661. The van der Waals surface area contributed by atoms with Crippen LogP contribution in [0.5, 0.6) is 0 Å². The van der Waals surface area contributed by atoms with Crippen LogP contribution in [0, 0.1) is 40.4 Å². The van der Waals surface area contributed by atoms with Crippen molar-refractivity contribution in [3.8, 4) is 0 Å². The molecule has 4 aliphatic carbocycles. The molecule has 118 valence electrons. The standard InChI is InChI=1S/C20H32O/c1-13-8-10-19(2)14(12-13)4-5-15-16-6-7-18(21)20(16,3)11-9-17(15)19/h13-17H,4-12H2,1-3H3/t13-,14-,15+,16+,17+,19+,20+/m1/s1. The van der Waals surface area contributed by atoms with Gasteiger partial charge in [-0.15, -0.1) is 0 Å². The molecule has 0 aromatic rings. The molecular formula is C20H32O. The molecule has 7 atom stereocenters. The van der Waals surface area contributed by atoms with Crippen molar-refractivity contribution in [2.75, 3.05) is 0 Å². The van der Waals surface area contributed by atoms with Gasteiger partial charge in [-0.3, -0.25) is 4.79 Å². The molecule has 0 bridgehead atoms. The minimum atomic E-state index is 0.0618. The van der Waals surface area contributed by atoms with Gasteiger partial charge in [0, 0.05) is 11.8 Å². The molecule has 0 aromatic carbocycles. The van der Waals surface area contributed by atoms with Crippen molar-refractivity contribution in [2.24, 2.45) is 40.4 Å². The summed E-state index contributed by atoms with van der Waals surface area (Å²) in [6, 6.07) is 0. The highest BCUT2D eigenvalue weighted by atomic mass is 16.1. The quantitative estimate of drug-likeness (QED) is 0.596. The molecule has 0 spiro atoms. The number of rotatable bonds is 0. The first-order valence-electron chi connectivity index (χ1n) is 9.48. The van der Waals surface area contributed by atoms with Crippen molar-refractivity contribution < 1.29 is 4.79 Å². The van der Waals surface area contributed by atoms with E-state index in [0.717, 1.165) is 36.0 Å². The fraction of sp³-hybridized carbons (Fsp3) is 0.950. The zero-order valence-corrected chi connectivity index (χ0v) is 14.2. The van der Waals surface area contributed by atoms with Crippen molar-refractivity contribution in [2.45, 2.75) is 78.6 Å². The smallest absolute Gasteiger partial charge is 0.139 e. The van der Waals surface area contributed by atoms with Crippen molar-refractivity contribution >= 4 is 5.78 Å². The van der Waals surface area contributed by atoms with Crippen molar-refractivity contribution in [3.63, 3.8) is 0 Å². The summed E-state index contributed by atoms with van der Waals surface area (Å²) >= 11 is 0. The second-order valence-corrected chi connectivity index (χ2v) is 9.45. The summed E-state index contributed by atoms with van der Waals surface area (Å²) in [6.45, 7) is 7.39. The van der Waals surface area contributed by atoms with Gasteiger partial charge >= 0.3 is 0 Å². The van der Waals surface area contributed by atoms with E-state index in [1.165, 1.54) is 51.4 Å². The van der Waals surface area contributed by atoms with E-state index in [9.17, 15) is 4.79 Å². The van der Waals surface area contributed by atoms with E-state index in [1.807, 2.05) is 0 Å². The molecule has 0 unspecified atom stereocenters. The first-order valence-corrected chi connectivity index (χ1v) is 9.48. The Kier molecular flexibility index (Phi) is 3.12. The molecule has 0 radical (unpaired) electrons. The summed E-state index contributed by atoms with van der Waals surface area (Å²) < 4.78 is 0. The van der Waals surface area contributed by atoms with Crippen LogP contribution >= 0.6 is 0 Å². The van der Waals surface area contributed by atoms with Gasteiger partial charge in [-0.1, -0.05) is 27.2 Å². The highest BCUT2D eigenvalue weighted by Crippen LogP contribution is 2.65. The minimum absolute atomic E-state index is 0.0618. The number of ketones is 1. The van der Waals surface area contributed by atoms with Gasteiger partial charge in [0.2, 0.25) is 0 Å². The third kappa shape index (κ3) is 1.85. The average Bonchev–Trinajstić information content (AvgIpc) is 2.76. The Hall–Kier alpha value is -0.330. The second kappa shape index (κ2) is 4.59. The Morgan fingerprint density at radius 1 is 0.952 bits per heavy atom. The fourth-order valence-electron chi connectivity index (χ4n) is 7.24. The maximum absolute atomic E-state index is 12.4. The summed E-state index contributed by atoms with van der Waals surface area (Å²) in [4.78, 5) is 12.4. The Morgan fingerprint density at radius 2 is 1.76 bits per heavy atom. The average molecular weight is 288 g/mol. The molecule has 0 aliphatic heterocycles. The third-order valence-electron chi connectivity index (χ3n) is 8.64. The van der Waals surface area contributed by atoms with Crippen LogP contribution in [0.25, 0.3) is 0 Å². The predicted molar refractivity (Wildman–Crippen MR) is 85.9 cm³/mol. The molecule has 0 N–H and O–H groups in total.